The summed E-state index contributed by atoms with van der Waals surface area (Å²) in [5.74, 6) is -1.22. The summed E-state index contributed by atoms with van der Waals surface area (Å²) in [6.45, 7) is 1.33. The number of esters is 1. The first-order valence-corrected chi connectivity index (χ1v) is 5.22. The minimum atomic E-state index is -1.71. The number of ketones is 1. The molecular weight excluding hydrogens is 238 g/mol. The summed E-state index contributed by atoms with van der Waals surface area (Å²) in [6.07, 6.45) is -3.19. The van der Waals surface area contributed by atoms with E-state index in [1.54, 1.807) is 0 Å². The quantitative estimate of drug-likeness (QED) is 0.397. The van der Waals surface area contributed by atoms with Gasteiger partial charge in [0.25, 0.3) is 0 Å². The summed E-state index contributed by atoms with van der Waals surface area (Å²) in [7, 11) is 1.10. The van der Waals surface area contributed by atoms with Gasteiger partial charge in [-0.3, -0.25) is 4.79 Å². The first-order valence-electron chi connectivity index (χ1n) is 5.22. The van der Waals surface area contributed by atoms with Gasteiger partial charge in [0.2, 0.25) is 0 Å². The van der Waals surface area contributed by atoms with Crippen LogP contribution in [0.1, 0.15) is 28.9 Å². The van der Waals surface area contributed by atoms with Crippen LogP contribution in [-0.4, -0.2) is 35.2 Å². The van der Waals surface area contributed by atoms with Crippen LogP contribution in [0.2, 0.25) is 0 Å². The molecular formula is C12H15NO5. The molecule has 0 aliphatic carbocycles. The largest absolute Gasteiger partial charge is 0.467 e. The molecule has 0 spiro atoms. The van der Waals surface area contributed by atoms with Crippen molar-refractivity contribution in [1.82, 2.24) is 0 Å². The molecule has 0 amide bonds. The highest BCUT2D eigenvalue weighted by molar-refractivity contribution is 5.99. The molecule has 0 saturated carbocycles. The number of aliphatic hydroxyl groups is 2. The molecule has 2 atom stereocenters. The monoisotopic (exact) mass is 253 g/mol. The highest BCUT2D eigenvalue weighted by Crippen LogP contribution is 2.22. The fraction of sp³-hybridized carbons (Fsp3) is 0.333. The van der Waals surface area contributed by atoms with E-state index in [9.17, 15) is 19.8 Å². The highest BCUT2D eigenvalue weighted by Gasteiger charge is 2.27. The van der Waals surface area contributed by atoms with Gasteiger partial charge < -0.3 is 20.7 Å². The number of methoxy groups -OCH3 is 1. The molecule has 98 valence electrons. The van der Waals surface area contributed by atoms with E-state index in [1.807, 2.05) is 0 Å². The van der Waals surface area contributed by atoms with Gasteiger partial charge in [0.15, 0.2) is 11.9 Å². The fourth-order valence-corrected chi connectivity index (χ4v) is 1.49. The van der Waals surface area contributed by atoms with E-state index < -0.39 is 18.2 Å². The van der Waals surface area contributed by atoms with Gasteiger partial charge >= 0.3 is 5.97 Å². The molecule has 0 aliphatic rings. The molecule has 0 bridgehead atoms. The minimum Gasteiger partial charge on any atom is -0.467 e. The van der Waals surface area contributed by atoms with Crippen molar-refractivity contribution < 1.29 is 24.5 Å². The van der Waals surface area contributed by atoms with E-state index in [4.69, 9.17) is 5.73 Å². The number of hydrogen-bond acceptors (Lipinski definition) is 6. The summed E-state index contributed by atoms with van der Waals surface area (Å²) in [4.78, 5) is 22.4. The third-order valence-corrected chi connectivity index (χ3v) is 2.54. The lowest BCUT2D eigenvalue weighted by atomic mass is 9.99. The number of carbonyl (C=O) groups excluding carboxylic acids is 2. The molecule has 0 fully saturated rings. The Bertz CT molecular complexity index is 472. The van der Waals surface area contributed by atoms with Crippen LogP contribution in [0.5, 0.6) is 0 Å². The van der Waals surface area contributed by atoms with Crippen LogP contribution in [0.4, 0.5) is 5.69 Å². The topological polar surface area (TPSA) is 110 Å². The summed E-state index contributed by atoms with van der Waals surface area (Å²) in [5.41, 5.74) is 6.31. The Morgan fingerprint density at radius 1 is 1.33 bits per heavy atom. The van der Waals surface area contributed by atoms with Crippen molar-refractivity contribution in [1.29, 1.82) is 0 Å². The number of Topliss-reactive ketones (excluding diaryl/α,β-unsaturated/α-hetero) is 1. The van der Waals surface area contributed by atoms with Crippen molar-refractivity contribution in [2.24, 2.45) is 0 Å². The number of ether oxygens (including phenoxy) is 1. The summed E-state index contributed by atoms with van der Waals surface area (Å²) >= 11 is 0. The molecule has 0 aromatic heterocycles. The van der Waals surface area contributed by atoms with E-state index in [2.05, 4.69) is 4.74 Å². The van der Waals surface area contributed by atoms with Gasteiger partial charge in [-0.2, -0.15) is 0 Å². The number of hydrogen-bond donors (Lipinski definition) is 3. The Labute approximate surface area is 104 Å². The zero-order chi connectivity index (χ0) is 13.9. The van der Waals surface area contributed by atoms with Crippen molar-refractivity contribution in [2.75, 3.05) is 12.8 Å². The van der Waals surface area contributed by atoms with Crippen molar-refractivity contribution in [3.05, 3.63) is 29.3 Å². The van der Waals surface area contributed by atoms with Crippen molar-refractivity contribution >= 4 is 17.4 Å². The molecule has 0 radical (unpaired) electrons. The maximum absolute atomic E-state index is 11.3. The van der Waals surface area contributed by atoms with E-state index in [0.29, 0.717) is 0 Å². The number of rotatable bonds is 4. The molecule has 0 aliphatic heterocycles. The van der Waals surface area contributed by atoms with E-state index >= 15 is 0 Å². The summed E-state index contributed by atoms with van der Waals surface area (Å²) < 4.78 is 4.32. The van der Waals surface area contributed by atoms with Gasteiger partial charge in [-0.25, -0.2) is 4.79 Å². The Hall–Kier alpha value is -1.92. The van der Waals surface area contributed by atoms with Crippen LogP contribution in [0.25, 0.3) is 0 Å². The molecule has 18 heavy (non-hydrogen) atoms. The third kappa shape index (κ3) is 2.85. The predicted molar refractivity (Wildman–Crippen MR) is 63.8 cm³/mol. The second-order valence-corrected chi connectivity index (χ2v) is 3.82. The second kappa shape index (κ2) is 5.61. The van der Waals surface area contributed by atoms with Crippen molar-refractivity contribution in [3.8, 4) is 0 Å². The third-order valence-electron chi connectivity index (χ3n) is 2.54. The Morgan fingerprint density at radius 2 is 1.94 bits per heavy atom. The highest BCUT2D eigenvalue weighted by atomic mass is 16.5. The zero-order valence-corrected chi connectivity index (χ0v) is 10.1. The van der Waals surface area contributed by atoms with Gasteiger partial charge in [0.05, 0.1) is 7.11 Å². The van der Waals surface area contributed by atoms with Gasteiger partial charge in [0.1, 0.15) is 6.10 Å². The van der Waals surface area contributed by atoms with Crippen LogP contribution >= 0.6 is 0 Å². The number of nitrogen functional groups attached to an aromatic ring is 1. The average molecular weight is 253 g/mol. The Balaban J connectivity index is 3.07. The smallest absolute Gasteiger partial charge is 0.337 e. The van der Waals surface area contributed by atoms with E-state index in [-0.39, 0.29) is 22.6 Å². The normalized spacial score (nSPS) is 13.8. The first-order chi connectivity index (χ1) is 8.38. The van der Waals surface area contributed by atoms with Gasteiger partial charge in [0, 0.05) is 11.3 Å². The predicted octanol–water partition coefficient (Wildman–Crippen LogP) is 0.0387. The first kappa shape index (κ1) is 14.1. The molecule has 0 heterocycles. The molecule has 2 unspecified atom stereocenters. The SMILES string of the molecule is COC(=O)C(O)C(O)c1ccc(N)c(C(C)=O)c1. The number of carbonyl (C=O) groups is 2. The average Bonchev–Trinajstić information content (AvgIpc) is 2.36. The van der Waals surface area contributed by atoms with Gasteiger partial charge in [-0.05, 0) is 24.6 Å². The molecule has 1 aromatic rings. The van der Waals surface area contributed by atoms with E-state index in [1.165, 1.54) is 25.1 Å². The zero-order valence-electron chi connectivity index (χ0n) is 10.1. The Kier molecular flexibility index (Phi) is 4.41. The molecule has 6 nitrogen and oxygen atoms in total. The van der Waals surface area contributed by atoms with Crippen molar-refractivity contribution in [3.63, 3.8) is 0 Å². The maximum Gasteiger partial charge on any atom is 0.337 e. The number of anilines is 1. The van der Waals surface area contributed by atoms with Gasteiger partial charge in [-0.15, -0.1) is 0 Å². The van der Waals surface area contributed by atoms with E-state index in [0.717, 1.165) is 7.11 Å². The van der Waals surface area contributed by atoms with Crippen molar-refractivity contribution in [2.45, 2.75) is 19.1 Å². The lowest BCUT2D eigenvalue weighted by Gasteiger charge is -2.17. The molecule has 1 rings (SSSR count). The summed E-state index contributed by atoms with van der Waals surface area (Å²) in [5, 5.41) is 19.3. The standard InChI is InChI=1S/C12H15NO5/c1-6(14)8-5-7(3-4-9(8)13)10(15)11(16)12(17)18-2/h3-5,10-11,15-16H,13H2,1-2H3. The summed E-state index contributed by atoms with van der Waals surface area (Å²) in [6, 6.07) is 4.20. The van der Waals surface area contributed by atoms with Crippen LogP contribution < -0.4 is 5.73 Å². The maximum atomic E-state index is 11.3. The van der Waals surface area contributed by atoms with Crippen LogP contribution in [0.15, 0.2) is 18.2 Å². The molecule has 0 saturated heterocycles. The van der Waals surface area contributed by atoms with Gasteiger partial charge in [-0.1, -0.05) is 6.07 Å². The van der Waals surface area contributed by atoms with Crippen LogP contribution in [0, 0.1) is 0 Å². The minimum absolute atomic E-state index is 0.215. The number of nitrogens with two attached hydrogens (primary N) is 1. The number of aliphatic hydroxyl groups excluding tert-OH is 2. The fourth-order valence-electron chi connectivity index (χ4n) is 1.49. The Morgan fingerprint density at radius 3 is 2.44 bits per heavy atom. The van der Waals surface area contributed by atoms with Crippen LogP contribution in [0.3, 0.4) is 0 Å². The number of benzene rings is 1. The molecule has 6 heteroatoms. The lowest BCUT2D eigenvalue weighted by molar-refractivity contribution is -0.156. The second-order valence-electron chi connectivity index (χ2n) is 3.82. The van der Waals surface area contributed by atoms with Crippen LogP contribution in [-0.2, 0) is 9.53 Å². The lowest BCUT2D eigenvalue weighted by Crippen LogP contribution is -2.29. The molecule has 4 N–H and O–H groups in total. The molecule has 1 aromatic carbocycles.